The number of nitrogens with zero attached hydrogens (tertiary/aromatic N) is 1. The molecule has 0 unspecified atom stereocenters. The first-order valence-corrected chi connectivity index (χ1v) is 17.2. The molecule has 0 saturated heterocycles. The van der Waals surface area contributed by atoms with Gasteiger partial charge in [-0.05, 0) is 85.9 Å². The summed E-state index contributed by atoms with van der Waals surface area (Å²) in [4.78, 5) is 0. The Labute approximate surface area is 300 Å². The van der Waals surface area contributed by atoms with Crippen LogP contribution in [0.1, 0.15) is 85.4 Å². The maximum atomic E-state index is 6.78. The molecule has 1 nitrogen and oxygen atoms in total. The highest BCUT2D eigenvalue weighted by Crippen LogP contribution is 2.48. The van der Waals surface area contributed by atoms with Crippen molar-refractivity contribution in [3.8, 4) is 27.9 Å². The van der Waals surface area contributed by atoms with Crippen LogP contribution < -0.4 is 27.3 Å². The van der Waals surface area contributed by atoms with E-state index in [0.717, 1.165) is 39.5 Å². The molecule has 0 aliphatic rings. The van der Waals surface area contributed by atoms with Gasteiger partial charge in [0.1, 0.15) is 39.2 Å². The molecule has 1 aromatic heterocycles. The van der Waals surface area contributed by atoms with Crippen LogP contribution in [0.3, 0.4) is 0 Å². The van der Waals surface area contributed by atoms with E-state index in [9.17, 15) is 0 Å². The third-order valence-corrected chi connectivity index (χ3v) is 10.5. The van der Waals surface area contributed by atoms with Crippen molar-refractivity contribution in [1.82, 2.24) is 4.57 Å². The van der Waals surface area contributed by atoms with Gasteiger partial charge in [0, 0.05) is 16.5 Å². The van der Waals surface area contributed by atoms with Gasteiger partial charge in [0.2, 0.25) is 0 Å². The maximum absolute atomic E-state index is 6.78. The molecule has 6 heteroatoms. The second-order valence-electron chi connectivity index (χ2n) is 16.2. The Morgan fingerprint density at radius 3 is 1.59 bits per heavy atom. The highest BCUT2D eigenvalue weighted by atomic mass is 15.0. The molecule has 0 aliphatic heterocycles. The van der Waals surface area contributed by atoms with E-state index in [2.05, 4.69) is 134 Å². The summed E-state index contributed by atoms with van der Waals surface area (Å²) < 4.78 is 2.34. The molecule has 0 bridgehead atoms. The van der Waals surface area contributed by atoms with Crippen LogP contribution in [0.2, 0.25) is 0 Å². The molecule has 234 valence electrons. The van der Waals surface area contributed by atoms with Crippen molar-refractivity contribution in [2.45, 2.75) is 85.0 Å². The van der Waals surface area contributed by atoms with Crippen LogP contribution in [-0.4, -0.2) is 43.8 Å². The lowest BCUT2D eigenvalue weighted by molar-refractivity contribution is 0.512. The van der Waals surface area contributed by atoms with Gasteiger partial charge >= 0.3 is 0 Å². The molecule has 0 spiro atoms. The van der Waals surface area contributed by atoms with Crippen LogP contribution in [0.25, 0.3) is 49.7 Å². The molecule has 0 aliphatic carbocycles. The van der Waals surface area contributed by atoms with Gasteiger partial charge in [0.15, 0.2) is 0 Å². The van der Waals surface area contributed by atoms with E-state index in [4.69, 9.17) is 39.2 Å². The first kappa shape index (κ1) is 35.1. The number of hydrogen-bond acceptors (Lipinski definition) is 0. The van der Waals surface area contributed by atoms with E-state index in [1.807, 2.05) is 12.1 Å². The molecular formula is C43H42B5N. The van der Waals surface area contributed by atoms with E-state index in [1.165, 1.54) is 27.8 Å². The zero-order chi connectivity index (χ0) is 35.8. The summed E-state index contributed by atoms with van der Waals surface area (Å²) in [6.45, 7) is 20.7. The minimum atomic E-state index is -0.215. The second kappa shape index (κ2) is 12.2. The van der Waals surface area contributed by atoms with Crippen LogP contribution >= 0.6 is 0 Å². The van der Waals surface area contributed by atoms with Crippen molar-refractivity contribution in [2.75, 3.05) is 0 Å². The number of fused-ring (bicyclic) bond motifs is 3. The quantitative estimate of drug-likeness (QED) is 0.196. The van der Waals surface area contributed by atoms with E-state index in [0.29, 0.717) is 16.5 Å². The van der Waals surface area contributed by atoms with E-state index >= 15 is 0 Å². The van der Waals surface area contributed by atoms with E-state index < -0.39 is 0 Å². The van der Waals surface area contributed by atoms with E-state index in [-0.39, 0.29) is 32.6 Å². The summed E-state index contributed by atoms with van der Waals surface area (Å²) in [5, 5.41) is 2.20. The van der Waals surface area contributed by atoms with Crippen LogP contribution in [0.4, 0.5) is 0 Å². The van der Waals surface area contributed by atoms with Crippen LogP contribution in [0, 0.1) is 0 Å². The fraction of sp³-hybridized carbons (Fsp3) is 0.302. The lowest BCUT2D eigenvalue weighted by Crippen LogP contribution is -2.55. The van der Waals surface area contributed by atoms with Crippen molar-refractivity contribution >= 4 is 88.4 Å². The predicted molar refractivity (Wildman–Crippen MR) is 219 cm³/mol. The third-order valence-electron chi connectivity index (χ3n) is 10.5. The summed E-state index contributed by atoms with van der Waals surface area (Å²) in [6, 6.07) is 28.5. The third kappa shape index (κ3) is 5.84. The zero-order valence-corrected chi connectivity index (χ0v) is 30.5. The largest absolute Gasteiger partial charge is 0.309 e. The molecule has 5 aromatic carbocycles. The molecule has 6 aromatic rings. The summed E-state index contributed by atoms with van der Waals surface area (Å²) >= 11 is 0. The van der Waals surface area contributed by atoms with Gasteiger partial charge in [0.05, 0.1) is 11.0 Å². The Balaban J connectivity index is 1.89. The highest BCUT2D eigenvalue weighted by Gasteiger charge is 2.31. The van der Waals surface area contributed by atoms with E-state index in [1.54, 1.807) is 0 Å². The molecule has 0 fully saturated rings. The first-order chi connectivity index (χ1) is 22.9. The van der Waals surface area contributed by atoms with Gasteiger partial charge in [-0.25, -0.2) is 0 Å². The number of para-hydroxylation sites is 1. The van der Waals surface area contributed by atoms with Gasteiger partial charge in [0.25, 0.3) is 0 Å². The molecule has 6 rings (SSSR count). The predicted octanol–water partition coefficient (Wildman–Crippen LogP) is 6.37. The molecule has 49 heavy (non-hydrogen) atoms. The van der Waals surface area contributed by atoms with Gasteiger partial charge in [-0.2, -0.15) is 0 Å². The molecule has 0 atom stereocenters. The Bertz CT molecular complexity index is 2180. The minimum Gasteiger partial charge on any atom is -0.309 e. The Morgan fingerprint density at radius 1 is 0.531 bits per heavy atom. The van der Waals surface area contributed by atoms with Crippen LogP contribution in [-0.2, 0) is 16.2 Å². The fourth-order valence-electron chi connectivity index (χ4n) is 7.12. The monoisotopic (exact) mass is 627 g/mol. The van der Waals surface area contributed by atoms with Crippen molar-refractivity contribution in [2.24, 2.45) is 0 Å². The summed E-state index contributed by atoms with van der Waals surface area (Å²) in [6.07, 6.45) is 0.927. The summed E-state index contributed by atoms with van der Waals surface area (Å²) in [5.74, 6) is 0. The van der Waals surface area contributed by atoms with Crippen molar-refractivity contribution in [3.05, 3.63) is 95.6 Å². The molecule has 0 saturated carbocycles. The second-order valence-corrected chi connectivity index (χ2v) is 16.2. The molecule has 0 amide bonds. The lowest BCUT2D eigenvalue weighted by atomic mass is 9.59. The summed E-state index contributed by atoms with van der Waals surface area (Å²) in [5.41, 5.74) is 12.1. The minimum absolute atomic E-state index is 0.0267. The lowest BCUT2D eigenvalue weighted by Gasteiger charge is -2.30. The number of rotatable bonds is 5. The molecule has 10 radical (unpaired) electrons. The smallest absolute Gasteiger partial charge is 0.113 e. The van der Waals surface area contributed by atoms with Gasteiger partial charge in [-0.3, -0.25) is 0 Å². The average Bonchev–Trinajstić information content (AvgIpc) is 3.40. The van der Waals surface area contributed by atoms with Crippen molar-refractivity contribution in [3.63, 3.8) is 0 Å². The highest BCUT2D eigenvalue weighted by molar-refractivity contribution is 6.69. The Hall–Kier alpha value is -3.78. The topological polar surface area (TPSA) is 4.93 Å². The summed E-state index contributed by atoms with van der Waals surface area (Å²) in [7, 11) is 32.8. The molecule has 1 heterocycles. The average molecular weight is 627 g/mol. The Morgan fingerprint density at radius 2 is 1.06 bits per heavy atom. The number of benzene rings is 5. The standard InChI is InChI=1S/C43H42B5N/c1-10-43(8,9)35-28(24-21-25(41(2,3)4)23-26(22-24)42(5,6)7)19-20-31-34(35)32-29(33-36(44)38(46)40(48)39(47)37(33)45)17-14-18-30(32)49(31)27-15-12-11-13-16-27/h11-23H,10H2,1-9H3. The van der Waals surface area contributed by atoms with Crippen LogP contribution in [0.5, 0.6) is 0 Å². The maximum Gasteiger partial charge on any atom is 0.113 e. The van der Waals surface area contributed by atoms with Gasteiger partial charge in [-0.1, -0.05) is 128 Å². The van der Waals surface area contributed by atoms with Crippen LogP contribution in [0.15, 0.2) is 78.9 Å². The molecular weight excluding hydrogens is 585 g/mol. The zero-order valence-electron chi connectivity index (χ0n) is 30.5. The van der Waals surface area contributed by atoms with Crippen molar-refractivity contribution in [1.29, 1.82) is 0 Å². The SMILES string of the molecule is [B]c1c([B])c([B])c(-c2cccc3c2c2c(C(C)(C)CC)c(-c4cc(C(C)(C)C)cc(C(C)(C)C)c4)ccc2n3-c2ccccc2)c([B])c1[B]. The fourth-order valence-corrected chi connectivity index (χ4v) is 7.12. The van der Waals surface area contributed by atoms with Gasteiger partial charge < -0.3 is 4.57 Å². The Kier molecular flexibility index (Phi) is 8.75. The number of hydrogen-bond donors (Lipinski definition) is 0. The van der Waals surface area contributed by atoms with Crippen molar-refractivity contribution < 1.29 is 0 Å². The number of aromatic nitrogens is 1. The van der Waals surface area contributed by atoms with Gasteiger partial charge in [-0.15, -0.1) is 16.4 Å². The first-order valence-electron chi connectivity index (χ1n) is 17.2. The molecule has 0 N–H and O–H groups in total. The normalized spacial score (nSPS) is 12.7.